The van der Waals surface area contributed by atoms with Crippen LogP contribution in [-0.2, 0) is 10.0 Å². The fourth-order valence-corrected chi connectivity index (χ4v) is 3.72. The minimum Gasteiger partial charge on any atom is -0.267 e. The number of nitriles is 1. The number of halogens is 2. The second-order valence-corrected chi connectivity index (χ2v) is 7.54. The Kier molecular flexibility index (Phi) is 4.45. The Balaban J connectivity index is 2.22. The van der Waals surface area contributed by atoms with Crippen LogP contribution in [0.25, 0.3) is 16.9 Å². The number of benzene rings is 2. The second-order valence-electron chi connectivity index (χ2n) is 5.19. The van der Waals surface area contributed by atoms with Gasteiger partial charge < -0.3 is 0 Å². The zero-order chi connectivity index (χ0) is 19.1. The standard InChI is InChI=1S/C16H9F2N3O3S2/c17-12-6-15(26(20,23)24)13(18)5-11(12)14-8-25-16(22)21(14)10-3-1-9(7-19)2-4-10/h1-6,8H,(H2,20,23,24). The van der Waals surface area contributed by atoms with Crippen LogP contribution in [0.4, 0.5) is 8.78 Å². The van der Waals surface area contributed by atoms with Gasteiger partial charge in [0.05, 0.1) is 23.0 Å². The SMILES string of the molecule is N#Cc1ccc(-n2c(-c3cc(F)c(S(N)(=O)=O)cc3F)csc2=O)cc1. The van der Waals surface area contributed by atoms with Crippen molar-refractivity contribution in [1.82, 2.24) is 4.57 Å². The molecule has 26 heavy (non-hydrogen) atoms. The van der Waals surface area contributed by atoms with Crippen LogP contribution in [0.5, 0.6) is 0 Å². The van der Waals surface area contributed by atoms with Crippen molar-refractivity contribution in [3.8, 4) is 23.0 Å². The van der Waals surface area contributed by atoms with Crippen LogP contribution in [0, 0.1) is 23.0 Å². The molecule has 3 aromatic rings. The van der Waals surface area contributed by atoms with Crippen molar-refractivity contribution in [2.75, 3.05) is 0 Å². The molecule has 0 radical (unpaired) electrons. The molecular formula is C16H9F2N3O3S2. The van der Waals surface area contributed by atoms with Gasteiger partial charge in [0.25, 0.3) is 0 Å². The average Bonchev–Trinajstić information content (AvgIpc) is 2.97. The largest absolute Gasteiger partial charge is 0.312 e. The van der Waals surface area contributed by atoms with Crippen LogP contribution in [-0.4, -0.2) is 13.0 Å². The summed E-state index contributed by atoms with van der Waals surface area (Å²) in [6.45, 7) is 0. The van der Waals surface area contributed by atoms with Gasteiger partial charge in [0.1, 0.15) is 16.5 Å². The van der Waals surface area contributed by atoms with Gasteiger partial charge in [-0.1, -0.05) is 11.3 Å². The topological polar surface area (TPSA) is 106 Å². The number of rotatable bonds is 3. The summed E-state index contributed by atoms with van der Waals surface area (Å²) < 4.78 is 52.3. The summed E-state index contributed by atoms with van der Waals surface area (Å²) in [4.78, 5) is 10.7. The molecule has 0 amide bonds. The minimum absolute atomic E-state index is 0.0436. The van der Waals surface area contributed by atoms with E-state index in [1.165, 1.54) is 29.6 Å². The molecular weight excluding hydrogens is 384 g/mol. The number of primary sulfonamides is 1. The fraction of sp³-hybridized carbons (Fsp3) is 0. The Morgan fingerprint density at radius 3 is 2.35 bits per heavy atom. The lowest BCUT2D eigenvalue weighted by molar-refractivity contribution is 0.555. The Hall–Kier alpha value is -2.87. The van der Waals surface area contributed by atoms with Gasteiger partial charge in [-0.3, -0.25) is 9.36 Å². The molecule has 0 aliphatic heterocycles. The van der Waals surface area contributed by atoms with Crippen LogP contribution in [0.15, 0.2) is 51.5 Å². The molecule has 1 heterocycles. The summed E-state index contributed by atoms with van der Waals surface area (Å²) in [5.41, 5.74) is 0.466. The molecule has 132 valence electrons. The number of thiazole rings is 1. The highest BCUT2D eigenvalue weighted by Gasteiger charge is 2.21. The first kappa shape index (κ1) is 17.9. The first-order valence-electron chi connectivity index (χ1n) is 6.95. The van der Waals surface area contributed by atoms with Crippen LogP contribution in [0.1, 0.15) is 5.56 Å². The van der Waals surface area contributed by atoms with Crippen molar-refractivity contribution in [2.24, 2.45) is 5.14 Å². The lowest BCUT2D eigenvalue weighted by atomic mass is 10.1. The minimum atomic E-state index is -4.43. The maximum Gasteiger partial charge on any atom is 0.312 e. The third-order valence-corrected chi connectivity index (χ3v) is 5.20. The van der Waals surface area contributed by atoms with Gasteiger partial charge in [-0.05, 0) is 36.4 Å². The van der Waals surface area contributed by atoms with E-state index < -0.39 is 31.4 Å². The summed E-state index contributed by atoms with van der Waals surface area (Å²) in [6.07, 6.45) is 0. The van der Waals surface area contributed by atoms with E-state index >= 15 is 0 Å². The third kappa shape index (κ3) is 3.15. The van der Waals surface area contributed by atoms with Gasteiger partial charge in [0.2, 0.25) is 10.0 Å². The first-order valence-corrected chi connectivity index (χ1v) is 9.38. The fourth-order valence-electron chi connectivity index (χ4n) is 2.37. The van der Waals surface area contributed by atoms with Gasteiger partial charge in [0.15, 0.2) is 0 Å². The molecule has 0 aliphatic carbocycles. The highest BCUT2D eigenvalue weighted by atomic mass is 32.2. The number of hydrogen-bond acceptors (Lipinski definition) is 5. The van der Waals surface area contributed by atoms with Gasteiger partial charge in [-0.25, -0.2) is 22.3 Å². The van der Waals surface area contributed by atoms with E-state index in [9.17, 15) is 22.0 Å². The summed E-state index contributed by atoms with van der Waals surface area (Å²) in [5, 5.41) is 15.0. The average molecular weight is 393 g/mol. The van der Waals surface area contributed by atoms with Crippen LogP contribution < -0.4 is 10.0 Å². The Morgan fingerprint density at radius 2 is 1.77 bits per heavy atom. The number of aromatic nitrogens is 1. The number of sulfonamides is 1. The lowest BCUT2D eigenvalue weighted by Crippen LogP contribution is -2.15. The van der Waals surface area contributed by atoms with Gasteiger partial charge >= 0.3 is 4.87 Å². The number of nitrogens with zero attached hydrogens (tertiary/aromatic N) is 2. The van der Waals surface area contributed by atoms with Gasteiger partial charge in [0, 0.05) is 10.9 Å². The molecule has 0 spiro atoms. The van der Waals surface area contributed by atoms with E-state index in [2.05, 4.69) is 0 Å². The molecule has 0 atom stereocenters. The Labute approximate surface area is 150 Å². The normalized spacial score (nSPS) is 11.3. The molecule has 0 unspecified atom stereocenters. The Morgan fingerprint density at radius 1 is 1.12 bits per heavy atom. The van der Waals surface area contributed by atoms with Crippen LogP contribution in [0.2, 0.25) is 0 Å². The highest BCUT2D eigenvalue weighted by molar-refractivity contribution is 7.89. The summed E-state index contributed by atoms with van der Waals surface area (Å²) >= 11 is 0.765. The molecule has 0 aliphatic rings. The predicted octanol–water partition coefficient (Wildman–Crippen LogP) is 2.36. The van der Waals surface area contributed by atoms with E-state index in [-0.39, 0.29) is 11.3 Å². The zero-order valence-electron chi connectivity index (χ0n) is 12.8. The molecule has 0 saturated carbocycles. The summed E-state index contributed by atoms with van der Waals surface area (Å²) in [6, 6.07) is 9.02. The molecule has 0 bridgehead atoms. The van der Waals surface area contributed by atoms with Crippen LogP contribution in [0.3, 0.4) is 0 Å². The van der Waals surface area contributed by atoms with Crippen molar-refractivity contribution >= 4 is 21.4 Å². The smallest absolute Gasteiger partial charge is 0.267 e. The number of nitrogens with two attached hydrogens (primary N) is 1. The maximum atomic E-state index is 14.4. The zero-order valence-corrected chi connectivity index (χ0v) is 14.4. The quantitative estimate of drug-likeness (QED) is 0.737. The van der Waals surface area contributed by atoms with Crippen molar-refractivity contribution < 1.29 is 17.2 Å². The molecule has 10 heteroatoms. The van der Waals surface area contributed by atoms with E-state index in [1.54, 1.807) is 0 Å². The lowest BCUT2D eigenvalue weighted by Gasteiger charge is -2.10. The summed E-state index contributed by atoms with van der Waals surface area (Å²) in [5.74, 6) is -2.27. The monoisotopic (exact) mass is 393 g/mol. The first-order chi connectivity index (χ1) is 12.2. The van der Waals surface area contributed by atoms with Crippen molar-refractivity contribution in [2.45, 2.75) is 4.90 Å². The molecule has 1 aromatic heterocycles. The van der Waals surface area contributed by atoms with E-state index in [0.717, 1.165) is 15.9 Å². The molecule has 0 fully saturated rings. The Bertz CT molecular complexity index is 1210. The molecule has 3 rings (SSSR count). The van der Waals surface area contributed by atoms with Gasteiger partial charge in [-0.2, -0.15) is 5.26 Å². The third-order valence-electron chi connectivity index (χ3n) is 3.55. The van der Waals surface area contributed by atoms with Crippen molar-refractivity contribution in [1.29, 1.82) is 5.26 Å². The van der Waals surface area contributed by atoms with Crippen LogP contribution >= 0.6 is 11.3 Å². The summed E-state index contributed by atoms with van der Waals surface area (Å²) in [7, 11) is -4.43. The molecule has 2 aromatic carbocycles. The maximum absolute atomic E-state index is 14.4. The van der Waals surface area contributed by atoms with Crippen molar-refractivity contribution in [3.05, 3.63) is 68.6 Å². The molecule has 6 nitrogen and oxygen atoms in total. The predicted molar refractivity (Wildman–Crippen MR) is 91.4 cm³/mol. The number of hydrogen-bond donors (Lipinski definition) is 1. The van der Waals surface area contributed by atoms with Crippen molar-refractivity contribution in [3.63, 3.8) is 0 Å². The van der Waals surface area contributed by atoms with E-state index in [1.807, 2.05) is 6.07 Å². The molecule has 0 saturated heterocycles. The van der Waals surface area contributed by atoms with Gasteiger partial charge in [-0.15, -0.1) is 0 Å². The molecule has 2 N–H and O–H groups in total. The second kappa shape index (κ2) is 6.45. The van der Waals surface area contributed by atoms with E-state index in [0.29, 0.717) is 23.4 Å². The highest BCUT2D eigenvalue weighted by Crippen LogP contribution is 2.29. The van der Waals surface area contributed by atoms with E-state index in [4.69, 9.17) is 10.4 Å².